The summed E-state index contributed by atoms with van der Waals surface area (Å²) in [7, 11) is 0. The van der Waals surface area contributed by atoms with Crippen LogP contribution in [0.25, 0.3) is 0 Å². The number of aromatic nitrogens is 2. The van der Waals surface area contributed by atoms with E-state index in [4.69, 9.17) is 14.2 Å². The molecule has 2 aliphatic rings. The van der Waals surface area contributed by atoms with E-state index >= 15 is 0 Å². The molecule has 0 unspecified atom stereocenters. The topological polar surface area (TPSA) is 97.8 Å². The molecule has 2 N–H and O–H groups in total. The fraction of sp³-hybridized carbons (Fsp3) is 0.389. The van der Waals surface area contributed by atoms with Gasteiger partial charge in [-0.05, 0) is 18.2 Å². The first-order chi connectivity index (χ1) is 13.3. The van der Waals surface area contributed by atoms with E-state index in [0.29, 0.717) is 49.4 Å². The molecule has 4 rings (SSSR count). The Morgan fingerprint density at radius 1 is 1.07 bits per heavy atom. The molecule has 0 spiro atoms. The molecule has 1 aromatic heterocycles. The Hall–Kier alpha value is -3.07. The second kappa shape index (κ2) is 8.09. The standard InChI is InChI=1S/C18H21N5O4/c24-18(21-13-1-2-14-15(11-13)27-10-9-26-14)20-12-16-19-4-3-17(22-16)23-5-7-25-8-6-23/h1-4,11H,5-10,12H2,(H2,20,21,24). The van der Waals surface area contributed by atoms with Crippen LogP contribution < -0.4 is 25.0 Å². The summed E-state index contributed by atoms with van der Waals surface area (Å²) in [5.74, 6) is 2.70. The highest BCUT2D eigenvalue weighted by atomic mass is 16.6. The number of carbonyl (C=O) groups is 1. The highest BCUT2D eigenvalue weighted by molar-refractivity contribution is 5.89. The van der Waals surface area contributed by atoms with Gasteiger partial charge in [-0.25, -0.2) is 14.8 Å². The van der Waals surface area contributed by atoms with E-state index in [1.54, 1.807) is 24.4 Å². The van der Waals surface area contributed by atoms with Gasteiger partial charge in [0.1, 0.15) is 24.9 Å². The fourth-order valence-electron chi connectivity index (χ4n) is 2.90. The molecule has 142 valence electrons. The van der Waals surface area contributed by atoms with Crippen molar-refractivity contribution < 1.29 is 19.0 Å². The lowest BCUT2D eigenvalue weighted by molar-refractivity contribution is 0.122. The molecule has 0 saturated carbocycles. The minimum atomic E-state index is -0.341. The number of fused-ring (bicyclic) bond motifs is 1. The van der Waals surface area contributed by atoms with Crippen molar-refractivity contribution in [2.24, 2.45) is 0 Å². The zero-order chi connectivity index (χ0) is 18.5. The number of carbonyl (C=O) groups excluding carboxylic acids is 1. The molecule has 2 aliphatic heterocycles. The van der Waals surface area contributed by atoms with Crippen LogP contribution >= 0.6 is 0 Å². The van der Waals surface area contributed by atoms with Crippen molar-refractivity contribution in [3.05, 3.63) is 36.3 Å². The fourth-order valence-corrected chi connectivity index (χ4v) is 2.90. The van der Waals surface area contributed by atoms with E-state index in [-0.39, 0.29) is 12.6 Å². The number of hydrogen-bond acceptors (Lipinski definition) is 7. The summed E-state index contributed by atoms with van der Waals surface area (Å²) in [4.78, 5) is 23.0. The van der Waals surface area contributed by atoms with E-state index in [0.717, 1.165) is 18.9 Å². The molecule has 27 heavy (non-hydrogen) atoms. The van der Waals surface area contributed by atoms with Crippen molar-refractivity contribution in [3.8, 4) is 11.5 Å². The zero-order valence-corrected chi connectivity index (χ0v) is 14.8. The molecule has 0 bridgehead atoms. The van der Waals surface area contributed by atoms with Gasteiger partial charge in [0.05, 0.1) is 19.8 Å². The molecule has 9 nitrogen and oxygen atoms in total. The largest absolute Gasteiger partial charge is 0.486 e. The smallest absolute Gasteiger partial charge is 0.319 e. The molecule has 2 amide bonds. The number of anilines is 2. The normalized spacial score (nSPS) is 15.9. The Bertz CT molecular complexity index is 810. The third-order valence-electron chi connectivity index (χ3n) is 4.23. The van der Waals surface area contributed by atoms with E-state index in [2.05, 4.69) is 25.5 Å². The number of benzene rings is 1. The lowest BCUT2D eigenvalue weighted by Gasteiger charge is -2.27. The van der Waals surface area contributed by atoms with Gasteiger partial charge in [-0.3, -0.25) is 0 Å². The van der Waals surface area contributed by atoms with Crippen molar-refractivity contribution in [1.82, 2.24) is 15.3 Å². The number of rotatable bonds is 4. The van der Waals surface area contributed by atoms with Gasteiger partial charge in [0.25, 0.3) is 0 Å². The van der Waals surface area contributed by atoms with E-state index in [9.17, 15) is 4.79 Å². The van der Waals surface area contributed by atoms with Crippen LogP contribution in [0.5, 0.6) is 11.5 Å². The lowest BCUT2D eigenvalue weighted by atomic mass is 10.2. The van der Waals surface area contributed by atoms with Crippen molar-refractivity contribution in [1.29, 1.82) is 0 Å². The number of morpholine rings is 1. The quantitative estimate of drug-likeness (QED) is 0.838. The van der Waals surface area contributed by atoms with Crippen LogP contribution in [0.15, 0.2) is 30.5 Å². The molecule has 9 heteroatoms. The predicted molar refractivity (Wildman–Crippen MR) is 98.4 cm³/mol. The summed E-state index contributed by atoms with van der Waals surface area (Å²) in [5.41, 5.74) is 0.625. The molecular weight excluding hydrogens is 350 g/mol. The second-order valence-corrected chi connectivity index (χ2v) is 6.10. The van der Waals surface area contributed by atoms with Crippen molar-refractivity contribution in [2.75, 3.05) is 49.7 Å². The van der Waals surface area contributed by atoms with Gasteiger partial charge >= 0.3 is 6.03 Å². The van der Waals surface area contributed by atoms with Crippen molar-refractivity contribution >= 4 is 17.5 Å². The molecule has 2 aromatic rings. The van der Waals surface area contributed by atoms with Crippen LogP contribution in [0.1, 0.15) is 5.82 Å². The minimum Gasteiger partial charge on any atom is -0.486 e. The summed E-state index contributed by atoms with van der Waals surface area (Å²) >= 11 is 0. The van der Waals surface area contributed by atoms with Gasteiger partial charge in [0.2, 0.25) is 0 Å². The Morgan fingerprint density at radius 3 is 2.74 bits per heavy atom. The van der Waals surface area contributed by atoms with Gasteiger partial charge in [-0.15, -0.1) is 0 Å². The monoisotopic (exact) mass is 371 g/mol. The third-order valence-corrected chi connectivity index (χ3v) is 4.23. The Balaban J connectivity index is 1.32. The zero-order valence-electron chi connectivity index (χ0n) is 14.8. The van der Waals surface area contributed by atoms with Crippen LogP contribution in [0, 0.1) is 0 Å². The van der Waals surface area contributed by atoms with Crippen molar-refractivity contribution in [3.63, 3.8) is 0 Å². The van der Waals surface area contributed by atoms with Gasteiger partial charge in [0.15, 0.2) is 11.5 Å². The SMILES string of the molecule is O=C(NCc1nccc(N2CCOCC2)n1)Nc1ccc2c(c1)OCCO2. The molecular formula is C18H21N5O4. The van der Waals surface area contributed by atoms with Gasteiger partial charge in [-0.2, -0.15) is 0 Å². The Kier molecular flexibility index (Phi) is 5.20. The van der Waals surface area contributed by atoms with Crippen LogP contribution in [0.2, 0.25) is 0 Å². The summed E-state index contributed by atoms with van der Waals surface area (Å²) in [5, 5.41) is 5.54. The molecule has 0 atom stereocenters. The van der Waals surface area contributed by atoms with E-state index in [1.165, 1.54) is 0 Å². The summed E-state index contributed by atoms with van der Waals surface area (Å²) < 4.78 is 16.3. The number of ether oxygens (including phenoxy) is 3. The first kappa shape index (κ1) is 17.3. The van der Waals surface area contributed by atoms with Crippen molar-refractivity contribution in [2.45, 2.75) is 6.54 Å². The predicted octanol–water partition coefficient (Wildman–Crippen LogP) is 1.41. The van der Waals surface area contributed by atoms with Gasteiger partial charge in [-0.1, -0.05) is 0 Å². The minimum absolute atomic E-state index is 0.231. The van der Waals surface area contributed by atoms with Crippen LogP contribution in [-0.4, -0.2) is 55.5 Å². The average Bonchev–Trinajstić information content (AvgIpc) is 2.73. The van der Waals surface area contributed by atoms with Crippen LogP contribution in [0.3, 0.4) is 0 Å². The summed E-state index contributed by atoms with van der Waals surface area (Å²) in [6.07, 6.45) is 1.70. The third kappa shape index (κ3) is 4.37. The van der Waals surface area contributed by atoms with Gasteiger partial charge in [0, 0.05) is 31.0 Å². The maximum absolute atomic E-state index is 12.2. The lowest BCUT2D eigenvalue weighted by Crippen LogP contribution is -2.37. The molecule has 1 saturated heterocycles. The van der Waals surface area contributed by atoms with Crippen LogP contribution in [0.4, 0.5) is 16.3 Å². The number of urea groups is 1. The summed E-state index contributed by atoms with van der Waals surface area (Å²) in [6, 6.07) is 6.81. The van der Waals surface area contributed by atoms with E-state index < -0.39 is 0 Å². The highest BCUT2D eigenvalue weighted by Crippen LogP contribution is 2.32. The first-order valence-corrected chi connectivity index (χ1v) is 8.87. The average molecular weight is 371 g/mol. The number of nitrogens with zero attached hydrogens (tertiary/aromatic N) is 3. The molecule has 0 radical (unpaired) electrons. The van der Waals surface area contributed by atoms with E-state index in [1.807, 2.05) is 6.07 Å². The Labute approximate surface area is 156 Å². The number of hydrogen-bond donors (Lipinski definition) is 2. The molecule has 1 aromatic carbocycles. The second-order valence-electron chi connectivity index (χ2n) is 6.10. The maximum Gasteiger partial charge on any atom is 0.319 e. The summed E-state index contributed by atoms with van der Waals surface area (Å²) in [6.45, 7) is 4.24. The number of amides is 2. The first-order valence-electron chi connectivity index (χ1n) is 8.87. The molecule has 1 fully saturated rings. The number of nitrogens with one attached hydrogen (secondary N) is 2. The molecule has 3 heterocycles. The molecule has 0 aliphatic carbocycles. The van der Waals surface area contributed by atoms with Crippen LogP contribution in [-0.2, 0) is 11.3 Å². The Morgan fingerprint density at radius 2 is 1.89 bits per heavy atom. The van der Waals surface area contributed by atoms with Gasteiger partial charge < -0.3 is 29.7 Å². The highest BCUT2D eigenvalue weighted by Gasteiger charge is 2.14. The maximum atomic E-state index is 12.2.